The summed E-state index contributed by atoms with van der Waals surface area (Å²) in [5, 5.41) is 0. The van der Waals surface area contributed by atoms with Crippen LogP contribution in [0.2, 0.25) is 0 Å². The van der Waals surface area contributed by atoms with Gasteiger partial charge in [-0.2, -0.15) is 0 Å². The van der Waals surface area contributed by atoms with E-state index in [0.717, 1.165) is 12.7 Å². The van der Waals surface area contributed by atoms with Gasteiger partial charge in [0.25, 0.3) is 0 Å². The van der Waals surface area contributed by atoms with Crippen molar-refractivity contribution in [2.75, 3.05) is 0 Å². The molecule has 0 aromatic heterocycles. The third-order valence-corrected chi connectivity index (χ3v) is 1.91. The molecule has 1 aliphatic carbocycles. The van der Waals surface area contributed by atoms with Crippen LogP contribution in [0, 0.1) is 11.8 Å². The quantitative estimate of drug-likeness (QED) is 0.340. The molecule has 11 heavy (non-hydrogen) atoms. The molecule has 0 N–H and O–H groups in total. The van der Waals surface area contributed by atoms with Gasteiger partial charge >= 0.3 is 0 Å². The second-order valence-electron chi connectivity index (χ2n) is 2.66. The molecule has 1 rings (SSSR count). The normalized spacial score (nSPS) is 29.5. The molecule has 0 radical (unpaired) electrons. The molecule has 0 amide bonds. The van der Waals surface area contributed by atoms with Gasteiger partial charge in [-0.1, -0.05) is 37.0 Å². The number of aldehydes is 1. The number of rotatable bonds is 3. The fourth-order valence-electron chi connectivity index (χ4n) is 1.25. The molecule has 58 valence electrons. The fraction of sp³-hybridized carbons (Fsp3) is 0.300. The highest BCUT2D eigenvalue weighted by molar-refractivity contribution is 5.57. The summed E-state index contributed by atoms with van der Waals surface area (Å²) in [5.74, 6) is 0.455. The standard InChI is InChI=1S/C10H12O/c1-2-3-5-9-6-4-7-10(9)8-11/h2-6,8-10H,1,7H2/b5-3-. The van der Waals surface area contributed by atoms with Crippen LogP contribution < -0.4 is 0 Å². The monoisotopic (exact) mass is 148 g/mol. The zero-order valence-corrected chi connectivity index (χ0v) is 6.44. The molecule has 1 nitrogen and oxygen atoms in total. The maximum absolute atomic E-state index is 10.5. The van der Waals surface area contributed by atoms with E-state index < -0.39 is 0 Å². The summed E-state index contributed by atoms with van der Waals surface area (Å²) in [4.78, 5) is 10.5. The lowest BCUT2D eigenvalue weighted by Gasteiger charge is -2.06. The van der Waals surface area contributed by atoms with Gasteiger partial charge in [-0.05, 0) is 6.42 Å². The molecule has 0 aromatic carbocycles. The second kappa shape index (κ2) is 3.91. The Kier molecular flexibility index (Phi) is 2.84. The van der Waals surface area contributed by atoms with E-state index in [0.29, 0.717) is 5.92 Å². The molecule has 0 spiro atoms. The molecule has 1 aliphatic rings. The summed E-state index contributed by atoms with van der Waals surface area (Å²) < 4.78 is 0. The Morgan fingerprint density at radius 3 is 3.00 bits per heavy atom. The third kappa shape index (κ3) is 1.90. The van der Waals surface area contributed by atoms with Crippen molar-refractivity contribution in [3.05, 3.63) is 37.0 Å². The Hall–Kier alpha value is -1.11. The van der Waals surface area contributed by atoms with E-state index in [4.69, 9.17) is 0 Å². The lowest BCUT2D eigenvalue weighted by atomic mass is 9.97. The van der Waals surface area contributed by atoms with Crippen molar-refractivity contribution in [1.82, 2.24) is 0 Å². The second-order valence-corrected chi connectivity index (χ2v) is 2.66. The topological polar surface area (TPSA) is 17.1 Å². The highest BCUT2D eigenvalue weighted by Gasteiger charge is 2.18. The average Bonchev–Trinajstić information content (AvgIpc) is 2.47. The van der Waals surface area contributed by atoms with E-state index in [9.17, 15) is 4.79 Å². The Morgan fingerprint density at radius 2 is 2.36 bits per heavy atom. The van der Waals surface area contributed by atoms with Gasteiger partial charge in [-0.3, -0.25) is 0 Å². The molecular formula is C10H12O. The first kappa shape index (κ1) is 7.99. The molecule has 0 saturated heterocycles. The Labute approximate surface area is 67.1 Å². The maximum atomic E-state index is 10.5. The third-order valence-electron chi connectivity index (χ3n) is 1.91. The van der Waals surface area contributed by atoms with E-state index in [1.807, 2.05) is 12.2 Å². The molecule has 0 bridgehead atoms. The number of hydrogen-bond acceptors (Lipinski definition) is 1. The van der Waals surface area contributed by atoms with Crippen LogP contribution in [0.5, 0.6) is 0 Å². The van der Waals surface area contributed by atoms with Crippen molar-refractivity contribution in [1.29, 1.82) is 0 Å². The lowest BCUT2D eigenvalue weighted by Crippen LogP contribution is -2.05. The van der Waals surface area contributed by atoms with E-state index in [1.54, 1.807) is 6.08 Å². The van der Waals surface area contributed by atoms with Gasteiger partial charge in [0, 0.05) is 11.8 Å². The Bertz CT molecular complexity index is 201. The van der Waals surface area contributed by atoms with Gasteiger partial charge < -0.3 is 4.79 Å². The van der Waals surface area contributed by atoms with Gasteiger partial charge in [-0.25, -0.2) is 0 Å². The number of allylic oxidation sites excluding steroid dienone is 5. The first-order chi connectivity index (χ1) is 5.38. The van der Waals surface area contributed by atoms with Crippen molar-refractivity contribution in [2.24, 2.45) is 11.8 Å². The van der Waals surface area contributed by atoms with Crippen molar-refractivity contribution < 1.29 is 4.79 Å². The van der Waals surface area contributed by atoms with Crippen LogP contribution in [0.25, 0.3) is 0 Å². The van der Waals surface area contributed by atoms with Crippen molar-refractivity contribution in [3.63, 3.8) is 0 Å². The van der Waals surface area contributed by atoms with Crippen molar-refractivity contribution >= 4 is 6.29 Å². The van der Waals surface area contributed by atoms with Crippen LogP contribution in [0.1, 0.15) is 6.42 Å². The summed E-state index contributed by atoms with van der Waals surface area (Å²) in [6, 6.07) is 0. The van der Waals surface area contributed by atoms with Gasteiger partial charge in [0.15, 0.2) is 0 Å². The first-order valence-corrected chi connectivity index (χ1v) is 3.79. The van der Waals surface area contributed by atoms with Gasteiger partial charge in [0.1, 0.15) is 6.29 Å². The summed E-state index contributed by atoms with van der Waals surface area (Å²) in [6.45, 7) is 3.57. The fourth-order valence-corrected chi connectivity index (χ4v) is 1.25. The molecule has 0 aliphatic heterocycles. The van der Waals surface area contributed by atoms with Crippen molar-refractivity contribution in [2.45, 2.75) is 6.42 Å². The molecule has 0 aromatic rings. The molecular weight excluding hydrogens is 136 g/mol. The minimum atomic E-state index is 0.159. The predicted octanol–water partition coefficient (Wildman–Crippen LogP) is 2.12. The zero-order chi connectivity index (χ0) is 8.10. The minimum Gasteiger partial charge on any atom is -0.303 e. The number of hydrogen-bond donors (Lipinski definition) is 0. The first-order valence-electron chi connectivity index (χ1n) is 3.79. The summed E-state index contributed by atoms with van der Waals surface area (Å²) in [5.41, 5.74) is 0. The Balaban J connectivity index is 2.55. The van der Waals surface area contributed by atoms with Crippen LogP contribution in [-0.2, 0) is 4.79 Å². The molecule has 2 unspecified atom stereocenters. The van der Waals surface area contributed by atoms with E-state index >= 15 is 0 Å². The molecule has 0 saturated carbocycles. The Morgan fingerprint density at radius 1 is 1.55 bits per heavy atom. The highest BCUT2D eigenvalue weighted by atomic mass is 16.1. The number of carbonyl (C=O) groups is 1. The largest absolute Gasteiger partial charge is 0.303 e. The number of carbonyl (C=O) groups excluding carboxylic acids is 1. The predicted molar refractivity (Wildman–Crippen MR) is 46.1 cm³/mol. The SMILES string of the molecule is C=C/C=C\C1C=CCC1C=O. The van der Waals surface area contributed by atoms with Gasteiger partial charge in [-0.15, -0.1) is 0 Å². The van der Waals surface area contributed by atoms with Crippen LogP contribution in [-0.4, -0.2) is 6.29 Å². The average molecular weight is 148 g/mol. The smallest absolute Gasteiger partial charge is 0.124 e. The van der Waals surface area contributed by atoms with Crippen LogP contribution in [0.4, 0.5) is 0 Å². The summed E-state index contributed by atoms with van der Waals surface area (Å²) >= 11 is 0. The maximum Gasteiger partial charge on any atom is 0.124 e. The van der Waals surface area contributed by atoms with Crippen molar-refractivity contribution in [3.8, 4) is 0 Å². The molecule has 0 fully saturated rings. The molecule has 1 heteroatoms. The van der Waals surface area contributed by atoms with Crippen LogP contribution in [0.15, 0.2) is 37.0 Å². The van der Waals surface area contributed by atoms with E-state index in [1.165, 1.54) is 0 Å². The lowest BCUT2D eigenvalue weighted by molar-refractivity contribution is -0.111. The minimum absolute atomic E-state index is 0.159. The zero-order valence-electron chi connectivity index (χ0n) is 6.44. The van der Waals surface area contributed by atoms with Gasteiger partial charge in [0.05, 0.1) is 0 Å². The highest BCUT2D eigenvalue weighted by Crippen LogP contribution is 2.24. The molecule has 2 atom stereocenters. The van der Waals surface area contributed by atoms with Crippen LogP contribution in [0.3, 0.4) is 0 Å². The summed E-state index contributed by atoms with van der Waals surface area (Å²) in [6.07, 6.45) is 11.7. The van der Waals surface area contributed by atoms with Crippen LogP contribution >= 0.6 is 0 Å². The summed E-state index contributed by atoms with van der Waals surface area (Å²) in [7, 11) is 0. The van der Waals surface area contributed by atoms with E-state index in [-0.39, 0.29) is 5.92 Å². The van der Waals surface area contributed by atoms with Gasteiger partial charge in [0.2, 0.25) is 0 Å². The molecule has 0 heterocycles. The van der Waals surface area contributed by atoms with E-state index in [2.05, 4.69) is 18.7 Å².